The molecule has 1 aliphatic rings. The molecular formula is C9H10N4O2. The number of anilines is 1. The first-order chi connectivity index (χ1) is 7.25. The second-order valence-corrected chi connectivity index (χ2v) is 3.32. The van der Waals surface area contributed by atoms with Crippen molar-refractivity contribution in [2.45, 2.75) is 6.42 Å². The van der Waals surface area contributed by atoms with E-state index in [9.17, 15) is 9.59 Å². The van der Waals surface area contributed by atoms with Gasteiger partial charge < -0.3 is 10.6 Å². The Balaban J connectivity index is 1.96. The smallest absolute Gasteiger partial charge is 0.229 e. The molecule has 1 fully saturated rings. The van der Waals surface area contributed by atoms with E-state index in [0.717, 1.165) is 0 Å². The molecule has 2 N–H and O–H groups in total. The van der Waals surface area contributed by atoms with Gasteiger partial charge in [-0.2, -0.15) is 0 Å². The summed E-state index contributed by atoms with van der Waals surface area (Å²) in [5.41, 5.74) is 0.543. The van der Waals surface area contributed by atoms with Crippen LogP contribution in [0, 0.1) is 5.92 Å². The molecule has 1 saturated heterocycles. The van der Waals surface area contributed by atoms with Gasteiger partial charge >= 0.3 is 0 Å². The lowest BCUT2D eigenvalue weighted by Crippen LogP contribution is -2.24. The quantitative estimate of drug-likeness (QED) is 0.686. The van der Waals surface area contributed by atoms with Crippen LogP contribution in [0.3, 0.4) is 0 Å². The second-order valence-electron chi connectivity index (χ2n) is 3.32. The molecule has 1 unspecified atom stereocenters. The van der Waals surface area contributed by atoms with Crippen LogP contribution < -0.4 is 10.6 Å². The van der Waals surface area contributed by atoms with Gasteiger partial charge in [-0.25, -0.2) is 9.97 Å². The number of hydrogen-bond donors (Lipinski definition) is 2. The van der Waals surface area contributed by atoms with Crippen molar-refractivity contribution in [3.63, 3.8) is 0 Å². The van der Waals surface area contributed by atoms with E-state index in [0.29, 0.717) is 12.2 Å². The van der Waals surface area contributed by atoms with Crippen LogP contribution in [0.25, 0.3) is 0 Å². The fraction of sp³-hybridized carbons (Fsp3) is 0.333. The Morgan fingerprint density at radius 3 is 2.80 bits per heavy atom. The van der Waals surface area contributed by atoms with Crippen molar-refractivity contribution < 1.29 is 9.59 Å². The third-order valence-electron chi connectivity index (χ3n) is 2.18. The molecule has 1 aromatic heterocycles. The van der Waals surface area contributed by atoms with Gasteiger partial charge in [0.25, 0.3) is 0 Å². The normalized spacial score (nSPS) is 19.7. The van der Waals surface area contributed by atoms with E-state index in [1.54, 1.807) is 0 Å². The number of carbonyl (C=O) groups excluding carboxylic acids is 2. The largest absolute Gasteiger partial charge is 0.355 e. The Hall–Kier alpha value is -1.98. The Labute approximate surface area is 86.1 Å². The first-order valence-corrected chi connectivity index (χ1v) is 4.58. The lowest BCUT2D eigenvalue weighted by atomic mass is 10.1. The standard InChI is InChI=1S/C9H10N4O2/c14-8-1-6(2-12-8)9(15)13-7-3-10-5-11-4-7/h3-6H,1-2H2,(H,12,14)(H,13,15). The fourth-order valence-corrected chi connectivity index (χ4v) is 1.40. The second kappa shape index (κ2) is 4.04. The number of hydrogen-bond acceptors (Lipinski definition) is 4. The van der Waals surface area contributed by atoms with Crippen molar-refractivity contribution in [1.29, 1.82) is 0 Å². The van der Waals surface area contributed by atoms with Gasteiger partial charge in [-0.05, 0) is 0 Å². The maximum atomic E-state index is 11.6. The summed E-state index contributed by atoms with van der Waals surface area (Å²) in [7, 11) is 0. The number of rotatable bonds is 2. The Kier molecular flexibility index (Phi) is 2.57. The molecule has 0 bridgehead atoms. The van der Waals surface area contributed by atoms with E-state index in [1.165, 1.54) is 18.7 Å². The van der Waals surface area contributed by atoms with Gasteiger partial charge in [0.05, 0.1) is 24.0 Å². The predicted molar refractivity (Wildman–Crippen MR) is 51.8 cm³/mol. The molecule has 78 valence electrons. The van der Waals surface area contributed by atoms with Crippen LogP contribution in [0.4, 0.5) is 5.69 Å². The number of carbonyl (C=O) groups is 2. The van der Waals surface area contributed by atoms with Crippen LogP contribution in [-0.2, 0) is 9.59 Å². The molecule has 2 heterocycles. The lowest BCUT2D eigenvalue weighted by molar-refractivity contribution is -0.123. The van der Waals surface area contributed by atoms with Gasteiger partial charge in [-0.3, -0.25) is 9.59 Å². The van der Waals surface area contributed by atoms with E-state index in [4.69, 9.17) is 0 Å². The van der Waals surface area contributed by atoms with Crippen molar-refractivity contribution in [2.24, 2.45) is 5.92 Å². The third kappa shape index (κ3) is 2.28. The molecule has 0 radical (unpaired) electrons. The Bertz CT molecular complexity index is 379. The van der Waals surface area contributed by atoms with Crippen LogP contribution >= 0.6 is 0 Å². The Morgan fingerprint density at radius 1 is 1.47 bits per heavy atom. The van der Waals surface area contributed by atoms with Gasteiger partial charge in [-0.15, -0.1) is 0 Å². The minimum absolute atomic E-state index is 0.0838. The van der Waals surface area contributed by atoms with Crippen molar-refractivity contribution >= 4 is 17.5 Å². The van der Waals surface area contributed by atoms with E-state index in [1.807, 2.05) is 0 Å². The molecule has 1 atom stereocenters. The zero-order valence-electron chi connectivity index (χ0n) is 7.93. The van der Waals surface area contributed by atoms with Crippen LogP contribution in [0.15, 0.2) is 18.7 Å². The summed E-state index contributed by atoms with van der Waals surface area (Å²) in [5, 5.41) is 5.25. The molecular weight excluding hydrogens is 196 g/mol. The molecule has 15 heavy (non-hydrogen) atoms. The molecule has 1 aliphatic heterocycles. The SMILES string of the molecule is O=C1CC(C(=O)Nc2cncnc2)CN1. The minimum Gasteiger partial charge on any atom is -0.355 e. The summed E-state index contributed by atoms with van der Waals surface area (Å²) in [6.07, 6.45) is 4.65. The lowest BCUT2D eigenvalue weighted by Gasteiger charge is -2.07. The maximum absolute atomic E-state index is 11.6. The van der Waals surface area contributed by atoms with Crippen molar-refractivity contribution in [1.82, 2.24) is 15.3 Å². The third-order valence-corrected chi connectivity index (χ3v) is 2.18. The molecule has 0 aromatic carbocycles. The number of nitrogens with zero attached hydrogens (tertiary/aromatic N) is 2. The van der Waals surface area contributed by atoms with E-state index in [-0.39, 0.29) is 24.2 Å². The van der Waals surface area contributed by atoms with Gasteiger partial charge in [0, 0.05) is 13.0 Å². The topological polar surface area (TPSA) is 84.0 Å². The Morgan fingerprint density at radius 2 is 2.20 bits per heavy atom. The molecule has 0 aliphatic carbocycles. The van der Waals surface area contributed by atoms with Crippen molar-refractivity contribution in [3.05, 3.63) is 18.7 Å². The highest BCUT2D eigenvalue weighted by Gasteiger charge is 2.27. The summed E-state index contributed by atoms with van der Waals surface area (Å²) >= 11 is 0. The first-order valence-electron chi connectivity index (χ1n) is 4.58. The van der Waals surface area contributed by atoms with Gasteiger partial charge in [0.1, 0.15) is 6.33 Å². The van der Waals surface area contributed by atoms with E-state index >= 15 is 0 Å². The summed E-state index contributed by atoms with van der Waals surface area (Å²) in [5.74, 6) is -0.555. The first kappa shape index (κ1) is 9.57. The predicted octanol–water partition coefficient (Wildman–Crippen LogP) is -0.449. The van der Waals surface area contributed by atoms with Gasteiger partial charge in [0.15, 0.2) is 0 Å². The van der Waals surface area contributed by atoms with Crippen LogP contribution in [-0.4, -0.2) is 28.3 Å². The van der Waals surface area contributed by atoms with Gasteiger partial charge in [0.2, 0.25) is 11.8 Å². The molecule has 2 amide bonds. The minimum atomic E-state index is -0.294. The molecule has 0 saturated carbocycles. The average molecular weight is 206 g/mol. The molecule has 6 heteroatoms. The highest BCUT2D eigenvalue weighted by atomic mass is 16.2. The van der Waals surface area contributed by atoms with Crippen LogP contribution in [0.5, 0.6) is 0 Å². The highest BCUT2D eigenvalue weighted by Crippen LogP contribution is 2.11. The molecule has 6 nitrogen and oxygen atoms in total. The summed E-state index contributed by atoms with van der Waals surface area (Å²) in [6, 6.07) is 0. The number of amides is 2. The molecule has 1 aromatic rings. The number of aromatic nitrogens is 2. The van der Waals surface area contributed by atoms with E-state index in [2.05, 4.69) is 20.6 Å². The van der Waals surface area contributed by atoms with Gasteiger partial charge in [-0.1, -0.05) is 0 Å². The molecule has 0 spiro atoms. The zero-order valence-corrected chi connectivity index (χ0v) is 7.93. The molecule has 2 rings (SSSR count). The fourth-order valence-electron chi connectivity index (χ4n) is 1.40. The van der Waals surface area contributed by atoms with Crippen molar-refractivity contribution in [3.8, 4) is 0 Å². The van der Waals surface area contributed by atoms with Crippen LogP contribution in [0.1, 0.15) is 6.42 Å². The average Bonchev–Trinajstić information content (AvgIpc) is 2.66. The highest BCUT2D eigenvalue weighted by molar-refractivity contribution is 5.96. The van der Waals surface area contributed by atoms with E-state index < -0.39 is 0 Å². The van der Waals surface area contributed by atoms with Crippen molar-refractivity contribution in [2.75, 3.05) is 11.9 Å². The summed E-state index contributed by atoms with van der Waals surface area (Å²) in [4.78, 5) is 30.0. The summed E-state index contributed by atoms with van der Waals surface area (Å²) in [6.45, 7) is 0.401. The maximum Gasteiger partial charge on any atom is 0.229 e. The zero-order chi connectivity index (χ0) is 10.7. The summed E-state index contributed by atoms with van der Waals surface area (Å²) < 4.78 is 0. The number of nitrogens with one attached hydrogen (secondary N) is 2. The monoisotopic (exact) mass is 206 g/mol. The van der Waals surface area contributed by atoms with Crippen LogP contribution in [0.2, 0.25) is 0 Å².